The average molecular weight is 286 g/mol. The molecule has 8 heteroatoms. The van der Waals surface area contributed by atoms with Crippen LogP contribution in [0.25, 0.3) is 0 Å². The molecule has 1 aromatic carbocycles. The lowest BCUT2D eigenvalue weighted by Crippen LogP contribution is -2.57. The number of hydrogen-bond acceptors (Lipinski definition) is 3. The third-order valence-corrected chi connectivity index (χ3v) is 2.77. The maximum Gasteiger partial charge on any atom is 0.330 e. The van der Waals surface area contributed by atoms with Crippen LogP contribution < -0.4 is 5.32 Å². The van der Waals surface area contributed by atoms with Gasteiger partial charge in [0.1, 0.15) is 11.7 Å². The number of carbonyl (C=O) groups excluding carboxylic acids is 3. The van der Waals surface area contributed by atoms with Crippen molar-refractivity contribution in [3.8, 4) is 0 Å². The van der Waals surface area contributed by atoms with Crippen LogP contribution in [0.3, 0.4) is 0 Å². The number of rotatable bonds is 3. The summed E-state index contributed by atoms with van der Waals surface area (Å²) in [5.41, 5.74) is 0.126. The third-order valence-electron chi connectivity index (χ3n) is 2.77. The number of halogens is 3. The van der Waals surface area contributed by atoms with E-state index in [1.54, 1.807) is 0 Å². The molecule has 1 N–H and O–H groups in total. The number of urea groups is 1. The fraction of sp³-hybridized carbons (Fsp3) is 0.250. The second kappa shape index (κ2) is 5.32. The maximum absolute atomic E-state index is 12.8. The van der Waals surface area contributed by atoms with Crippen LogP contribution in [0.4, 0.5) is 18.0 Å². The zero-order valence-corrected chi connectivity index (χ0v) is 9.98. The van der Waals surface area contributed by atoms with Crippen molar-refractivity contribution in [3.05, 3.63) is 35.6 Å². The third kappa shape index (κ3) is 2.63. The second-order valence-electron chi connectivity index (χ2n) is 4.12. The topological polar surface area (TPSA) is 66.5 Å². The van der Waals surface area contributed by atoms with Gasteiger partial charge in [-0.3, -0.25) is 19.8 Å². The van der Waals surface area contributed by atoms with Gasteiger partial charge in [0.15, 0.2) is 0 Å². The van der Waals surface area contributed by atoms with Gasteiger partial charge in [-0.1, -0.05) is 12.1 Å². The molecular formula is C12H9F3N2O3. The number of nitrogens with one attached hydrogen (secondary N) is 1. The van der Waals surface area contributed by atoms with Crippen LogP contribution in [0.1, 0.15) is 11.5 Å². The summed E-state index contributed by atoms with van der Waals surface area (Å²) in [7, 11) is 0. The van der Waals surface area contributed by atoms with Gasteiger partial charge in [-0.25, -0.2) is 18.0 Å². The number of nitrogens with zero attached hydrogens (tertiary/aromatic N) is 1. The van der Waals surface area contributed by atoms with Crippen LogP contribution in [0.15, 0.2) is 24.3 Å². The second-order valence-corrected chi connectivity index (χ2v) is 4.12. The molecular weight excluding hydrogens is 277 g/mol. The maximum atomic E-state index is 12.8. The molecule has 1 aliphatic rings. The van der Waals surface area contributed by atoms with Crippen LogP contribution in [-0.2, 0) is 9.59 Å². The lowest BCUT2D eigenvalue weighted by Gasteiger charge is -2.30. The van der Waals surface area contributed by atoms with E-state index < -0.39 is 42.6 Å². The van der Waals surface area contributed by atoms with E-state index in [1.165, 1.54) is 12.1 Å². The van der Waals surface area contributed by atoms with Gasteiger partial charge in [0.05, 0.1) is 6.54 Å². The summed E-state index contributed by atoms with van der Waals surface area (Å²) in [5, 5.41) is 1.83. The average Bonchev–Trinajstić information content (AvgIpc) is 2.36. The van der Waals surface area contributed by atoms with Crippen LogP contribution in [0.5, 0.6) is 0 Å². The van der Waals surface area contributed by atoms with Crippen molar-refractivity contribution < 1.29 is 27.6 Å². The van der Waals surface area contributed by atoms with Crippen molar-refractivity contribution in [2.24, 2.45) is 0 Å². The van der Waals surface area contributed by atoms with Crippen LogP contribution in [0.2, 0.25) is 0 Å². The summed E-state index contributed by atoms with van der Waals surface area (Å²) in [6, 6.07) is 3.26. The quantitative estimate of drug-likeness (QED) is 0.850. The smallest absolute Gasteiger partial charge is 0.277 e. The van der Waals surface area contributed by atoms with Crippen LogP contribution >= 0.6 is 0 Å². The summed E-state index contributed by atoms with van der Waals surface area (Å²) in [6.07, 6.45) is -2.91. The van der Waals surface area contributed by atoms with Crippen molar-refractivity contribution in [1.82, 2.24) is 10.2 Å². The predicted molar refractivity (Wildman–Crippen MR) is 60.4 cm³/mol. The summed E-state index contributed by atoms with van der Waals surface area (Å²) in [4.78, 5) is 35.3. The zero-order chi connectivity index (χ0) is 14.9. The Labute approximate surface area is 111 Å². The molecule has 1 heterocycles. The molecule has 0 spiro atoms. The molecule has 20 heavy (non-hydrogen) atoms. The predicted octanol–water partition coefficient (Wildman–Crippen LogP) is 1.25. The normalized spacial score (nSPS) is 19.5. The number of amides is 4. The number of alkyl halides is 2. The Bertz CT molecular complexity index is 560. The number of imide groups is 2. The first kappa shape index (κ1) is 14.0. The van der Waals surface area contributed by atoms with Gasteiger partial charge in [-0.15, -0.1) is 0 Å². The number of benzene rings is 1. The molecule has 0 aromatic heterocycles. The minimum Gasteiger partial charge on any atom is -0.277 e. The molecule has 1 aliphatic heterocycles. The van der Waals surface area contributed by atoms with E-state index in [4.69, 9.17) is 0 Å². The van der Waals surface area contributed by atoms with Gasteiger partial charge in [0, 0.05) is 0 Å². The van der Waals surface area contributed by atoms with Crippen molar-refractivity contribution in [2.45, 2.75) is 12.3 Å². The van der Waals surface area contributed by atoms with Crippen LogP contribution in [0, 0.1) is 5.82 Å². The van der Waals surface area contributed by atoms with Crippen molar-refractivity contribution >= 4 is 17.8 Å². The Hall–Kier alpha value is -2.38. The first-order valence-electron chi connectivity index (χ1n) is 5.60. The lowest BCUT2D eigenvalue weighted by molar-refractivity contribution is -0.140. The summed E-state index contributed by atoms with van der Waals surface area (Å²) < 4.78 is 37.5. The Morgan fingerprint density at radius 1 is 1.15 bits per heavy atom. The highest BCUT2D eigenvalue weighted by molar-refractivity contribution is 6.19. The molecule has 1 aromatic rings. The highest BCUT2D eigenvalue weighted by atomic mass is 19.3. The van der Waals surface area contributed by atoms with E-state index in [0.29, 0.717) is 0 Å². The fourth-order valence-electron chi connectivity index (χ4n) is 1.87. The Morgan fingerprint density at radius 2 is 1.75 bits per heavy atom. The van der Waals surface area contributed by atoms with Crippen molar-refractivity contribution in [1.29, 1.82) is 0 Å². The highest BCUT2D eigenvalue weighted by Crippen LogP contribution is 2.23. The molecule has 0 bridgehead atoms. The van der Waals surface area contributed by atoms with Gasteiger partial charge in [0.25, 0.3) is 6.43 Å². The van der Waals surface area contributed by atoms with E-state index in [0.717, 1.165) is 12.1 Å². The molecule has 4 amide bonds. The Morgan fingerprint density at radius 3 is 2.30 bits per heavy atom. The monoisotopic (exact) mass is 286 g/mol. The highest BCUT2D eigenvalue weighted by Gasteiger charge is 2.42. The molecule has 2 rings (SSSR count). The summed E-state index contributed by atoms with van der Waals surface area (Å²) >= 11 is 0. The van der Waals surface area contributed by atoms with E-state index in [9.17, 15) is 27.6 Å². The van der Waals surface area contributed by atoms with Crippen molar-refractivity contribution in [3.63, 3.8) is 0 Å². The standard InChI is InChI=1S/C12H9F3N2O3/c13-7-3-1-6(2-4-7)9-10(18)16-12(20)17(11(9)19)5-8(14)15/h1-4,8-9H,5H2,(H,16,18,20). The molecule has 1 saturated heterocycles. The largest absolute Gasteiger partial charge is 0.330 e. The molecule has 106 valence electrons. The number of barbiturate groups is 1. The van der Waals surface area contributed by atoms with Gasteiger partial charge in [-0.05, 0) is 17.7 Å². The van der Waals surface area contributed by atoms with E-state index >= 15 is 0 Å². The van der Waals surface area contributed by atoms with Gasteiger partial charge in [0.2, 0.25) is 11.8 Å². The van der Waals surface area contributed by atoms with Gasteiger partial charge in [-0.2, -0.15) is 0 Å². The molecule has 1 fully saturated rings. The molecule has 0 saturated carbocycles. The van der Waals surface area contributed by atoms with Gasteiger partial charge >= 0.3 is 6.03 Å². The van der Waals surface area contributed by atoms with Crippen LogP contribution in [-0.4, -0.2) is 35.7 Å². The van der Waals surface area contributed by atoms with E-state index in [2.05, 4.69) is 0 Å². The zero-order valence-electron chi connectivity index (χ0n) is 9.98. The first-order valence-corrected chi connectivity index (χ1v) is 5.60. The van der Waals surface area contributed by atoms with E-state index in [1.807, 2.05) is 5.32 Å². The Balaban J connectivity index is 2.32. The minimum atomic E-state index is -2.91. The molecule has 0 radical (unpaired) electrons. The van der Waals surface area contributed by atoms with Gasteiger partial charge < -0.3 is 0 Å². The fourth-order valence-corrected chi connectivity index (χ4v) is 1.87. The number of carbonyl (C=O) groups is 3. The number of hydrogen-bond donors (Lipinski definition) is 1. The molecule has 1 atom stereocenters. The summed E-state index contributed by atoms with van der Waals surface area (Å²) in [6.45, 7) is -1.10. The first-order chi connectivity index (χ1) is 9.40. The van der Waals surface area contributed by atoms with Crippen molar-refractivity contribution in [2.75, 3.05) is 6.54 Å². The SMILES string of the molecule is O=C1NC(=O)N(CC(F)F)C(=O)C1c1ccc(F)cc1. The molecule has 0 aliphatic carbocycles. The lowest BCUT2D eigenvalue weighted by atomic mass is 9.95. The summed E-state index contributed by atoms with van der Waals surface area (Å²) in [5.74, 6) is -3.98. The Kier molecular flexibility index (Phi) is 3.73. The minimum absolute atomic E-state index is 0.126. The molecule has 1 unspecified atom stereocenters. The van der Waals surface area contributed by atoms with E-state index in [-0.39, 0.29) is 10.5 Å². The molecule has 5 nitrogen and oxygen atoms in total.